The van der Waals surface area contributed by atoms with Crippen molar-refractivity contribution in [1.29, 1.82) is 0 Å². The van der Waals surface area contributed by atoms with Crippen molar-refractivity contribution < 1.29 is 8.42 Å². The van der Waals surface area contributed by atoms with E-state index in [1.165, 1.54) is 4.31 Å². The minimum absolute atomic E-state index is 0.105. The van der Waals surface area contributed by atoms with Gasteiger partial charge in [-0.2, -0.15) is 12.7 Å². The second-order valence-corrected chi connectivity index (χ2v) is 7.55. The molecule has 0 aromatic heterocycles. The fraction of sp³-hybridized carbons (Fsp3) is 0.571. The molecule has 0 radical (unpaired) electrons. The van der Waals surface area contributed by atoms with Crippen LogP contribution in [0.25, 0.3) is 0 Å². The third-order valence-electron chi connectivity index (χ3n) is 3.83. The molecular formula is C14H23N3O2S. The Labute approximate surface area is 121 Å². The second kappa shape index (κ2) is 5.71. The highest BCUT2D eigenvalue weighted by Gasteiger charge is 2.25. The van der Waals surface area contributed by atoms with Crippen LogP contribution in [0.5, 0.6) is 0 Å². The van der Waals surface area contributed by atoms with Crippen LogP contribution in [0.3, 0.4) is 0 Å². The maximum absolute atomic E-state index is 12.1. The Kier molecular flexibility index (Phi) is 4.36. The molecule has 0 bridgehead atoms. The monoisotopic (exact) mass is 297 g/mol. The van der Waals surface area contributed by atoms with Crippen LogP contribution in [0.2, 0.25) is 0 Å². The van der Waals surface area contributed by atoms with Gasteiger partial charge in [0.05, 0.1) is 0 Å². The lowest BCUT2D eigenvalue weighted by molar-refractivity contribution is 0.482. The van der Waals surface area contributed by atoms with Crippen molar-refractivity contribution in [2.45, 2.75) is 32.1 Å². The Morgan fingerprint density at radius 2 is 1.75 bits per heavy atom. The lowest BCUT2D eigenvalue weighted by Crippen LogP contribution is -2.33. The van der Waals surface area contributed by atoms with Gasteiger partial charge in [-0.25, -0.2) is 0 Å². The highest BCUT2D eigenvalue weighted by atomic mass is 32.2. The van der Waals surface area contributed by atoms with Gasteiger partial charge in [0.15, 0.2) is 0 Å². The van der Waals surface area contributed by atoms with Crippen LogP contribution in [-0.4, -0.2) is 32.4 Å². The van der Waals surface area contributed by atoms with Crippen LogP contribution < -0.4 is 10.5 Å². The summed E-state index contributed by atoms with van der Waals surface area (Å²) in [6, 6.07) is 7.43. The first-order chi connectivity index (χ1) is 9.35. The minimum Gasteiger partial charge on any atom is -0.330 e. The highest BCUT2D eigenvalue weighted by molar-refractivity contribution is 7.90. The molecule has 6 heteroatoms. The molecule has 0 saturated carbocycles. The molecule has 1 heterocycles. The van der Waals surface area contributed by atoms with E-state index in [2.05, 4.69) is 18.6 Å². The minimum atomic E-state index is -3.41. The van der Waals surface area contributed by atoms with Gasteiger partial charge in [-0.05, 0) is 30.5 Å². The predicted molar refractivity (Wildman–Crippen MR) is 81.9 cm³/mol. The van der Waals surface area contributed by atoms with Crippen molar-refractivity contribution in [3.63, 3.8) is 0 Å². The SMILES string of the molecule is CC(C)(CN)c1ccc(NS(=O)(=O)N2CCCC2)cc1. The first-order valence-corrected chi connectivity index (χ1v) is 8.38. The third kappa shape index (κ3) is 3.31. The number of nitrogens with two attached hydrogens (primary N) is 1. The molecule has 2 rings (SSSR count). The summed E-state index contributed by atoms with van der Waals surface area (Å²) in [7, 11) is -3.41. The topological polar surface area (TPSA) is 75.4 Å². The molecule has 1 aromatic carbocycles. The largest absolute Gasteiger partial charge is 0.330 e. The van der Waals surface area contributed by atoms with E-state index in [4.69, 9.17) is 5.73 Å². The van der Waals surface area contributed by atoms with Crippen LogP contribution in [0.4, 0.5) is 5.69 Å². The molecule has 0 atom stereocenters. The zero-order chi connectivity index (χ0) is 14.8. The molecule has 1 saturated heterocycles. The summed E-state index contributed by atoms with van der Waals surface area (Å²) in [6.07, 6.45) is 1.87. The number of rotatable bonds is 5. The van der Waals surface area contributed by atoms with Gasteiger partial charge in [0.1, 0.15) is 0 Å². The number of hydrogen-bond donors (Lipinski definition) is 2. The molecule has 0 unspecified atom stereocenters. The van der Waals surface area contributed by atoms with Crippen molar-refractivity contribution in [2.75, 3.05) is 24.4 Å². The van der Waals surface area contributed by atoms with E-state index in [9.17, 15) is 8.42 Å². The summed E-state index contributed by atoms with van der Waals surface area (Å²) in [5.41, 5.74) is 7.33. The average molecular weight is 297 g/mol. The number of benzene rings is 1. The molecule has 112 valence electrons. The predicted octanol–water partition coefficient (Wildman–Crippen LogP) is 1.68. The van der Waals surface area contributed by atoms with E-state index in [1.807, 2.05) is 12.1 Å². The van der Waals surface area contributed by atoms with Gasteiger partial charge in [-0.1, -0.05) is 26.0 Å². The van der Waals surface area contributed by atoms with Crippen molar-refractivity contribution in [3.8, 4) is 0 Å². The molecule has 0 aliphatic carbocycles. The summed E-state index contributed by atoms with van der Waals surface area (Å²) >= 11 is 0. The third-order valence-corrected chi connectivity index (χ3v) is 5.37. The number of anilines is 1. The van der Waals surface area contributed by atoms with E-state index in [0.29, 0.717) is 25.3 Å². The summed E-state index contributed by atoms with van der Waals surface area (Å²) in [5.74, 6) is 0. The molecule has 20 heavy (non-hydrogen) atoms. The van der Waals surface area contributed by atoms with Gasteiger partial charge >= 0.3 is 10.2 Å². The van der Waals surface area contributed by atoms with Gasteiger partial charge in [-0.15, -0.1) is 0 Å². The fourth-order valence-electron chi connectivity index (χ4n) is 2.25. The summed E-state index contributed by atoms with van der Waals surface area (Å²) in [4.78, 5) is 0. The Bertz CT molecular complexity index is 546. The van der Waals surface area contributed by atoms with Gasteiger partial charge in [0.2, 0.25) is 0 Å². The van der Waals surface area contributed by atoms with Crippen molar-refractivity contribution >= 4 is 15.9 Å². The average Bonchev–Trinajstić information content (AvgIpc) is 2.93. The van der Waals surface area contributed by atoms with Crippen molar-refractivity contribution in [1.82, 2.24) is 4.31 Å². The molecule has 1 aliphatic heterocycles. The molecule has 1 aromatic rings. The zero-order valence-corrected chi connectivity index (χ0v) is 12.9. The van der Waals surface area contributed by atoms with Crippen LogP contribution in [0.15, 0.2) is 24.3 Å². The van der Waals surface area contributed by atoms with Crippen LogP contribution in [0.1, 0.15) is 32.3 Å². The number of hydrogen-bond acceptors (Lipinski definition) is 3. The molecule has 5 nitrogen and oxygen atoms in total. The molecule has 1 fully saturated rings. The maximum Gasteiger partial charge on any atom is 0.301 e. The number of nitrogens with one attached hydrogen (secondary N) is 1. The van der Waals surface area contributed by atoms with Crippen LogP contribution in [0, 0.1) is 0 Å². The molecular weight excluding hydrogens is 274 g/mol. The molecule has 1 aliphatic rings. The zero-order valence-electron chi connectivity index (χ0n) is 12.1. The van der Waals surface area contributed by atoms with E-state index in [0.717, 1.165) is 18.4 Å². The van der Waals surface area contributed by atoms with E-state index in [-0.39, 0.29) is 5.41 Å². The van der Waals surface area contributed by atoms with Crippen molar-refractivity contribution in [2.24, 2.45) is 5.73 Å². The lowest BCUT2D eigenvalue weighted by atomic mass is 9.85. The Morgan fingerprint density at radius 3 is 2.25 bits per heavy atom. The van der Waals surface area contributed by atoms with Gasteiger partial charge < -0.3 is 5.73 Å². The summed E-state index contributed by atoms with van der Waals surface area (Å²) in [5, 5.41) is 0. The summed E-state index contributed by atoms with van der Waals surface area (Å²) in [6.45, 7) is 5.89. The summed E-state index contributed by atoms with van der Waals surface area (Å²) < 4.78 is 28.4. The van der Waals surface area contributed by atoms with E-state index >= 15 is 0 Å². The van der Waals surface area contributed by atoms with Gasteiger partial charge in [-0.3, -0.25) is 4.72 Å². The second-order valence-electron chi connectivity index (χ2n) is 5.88. The first kappa shape index (κ1) is 15.3. The standard InChI is InChI=1S/C14H23N3O2S/c1-14(2,11-15)12-5-7-13(8-6-12)16-20(18,19)17-9-3-4-10-17/h5-8,16H,3-4,9-11,15H2,1-2H3. The lowest BCUT2D eigenvalue weighted by Gasteiger charge is -2.23. The fourth-order valence-corrected chi connectivity index (χ4v) is 3.55. The maximum atomic E-state index is 12.1. The van der Waals surface area contributed by atoms with E-state index in [1.54, 1.807) is 12.1 Å². The molecule has 0 spiro atoms. The molecule has 0 amide bonds. The highest BCUT2D eigenvalue weighted by Crippen LogP contribution is 2.24. The smallest absolute Gasteiger partial charge is 0.301 e. The quantitative estimate of drug-likeness (QED) is 0.868. The normalized spacial score (nSPS) is 17.4. The Balaban J connectivity index is 2.11. The Hall–Kier alpha value is -1.11. The first-order valence-electron chi connectivity index (χ1n) is 6.94. The van der Waals surface area contributed by atoms with Crippen LogP contribution in [-0.2, 0) is 15.6 Å². The van der Waals surface area contributed by atoms with Gasteiger partial charge in [0.25, 0.3) is 0 Å². The van der Waals surface area contributed by atoms with Crippen LogP contribution >= 0.6 is 0 Å². The van der Waals surface area contributed by atoms with Gasteiger partial charge in [0, 0.05) is 30.7 Å². The number of nitrogens with zero attached hydrogens (tertiary/aromatic N) is 1. The molecule has 3 N–H and O–H groups in total. The Morgan fingerprint density at radius 1 is 1.20 bits per heavy atom. The van der Waals surface area contributed by atoms with Crippen molar-refractivity contribution in [3.05, 3.63) is 29.8 Å². The van der Waals surface area contributed by atoms with E-state index < -0.39 is 10.2 Å².